The minimum absolute atomic E-state index is 0.0152. The van der Waals surface area contributed by atoms with Gasteiger partial charge in [0.05, 0.1) is 18.9 Å². The summed E-state index contributed by atoms with van der Waals surface area (Å²) in [6, 6.07) is 20.2. The van der Waals surface area contributed by atoms with Gasteiger partial charge in [-0.3, -0.25) is 4.57 Å². The first-order chi connectivity index (χ1) is 16.1. The van der Waals surface area contributed by atoms with Crippen molar-refractivity contribution >= 4 is 24.5 Å². The van der Waals surface area contributed by atoms with E-state index in [1.54, 1.807) is 0 Å². The van der Waals surface area contributed by atoms with Gasteiger partial charge in [-0.2, -0.15) is 4.98 Å². The fourth-order valence-electron chi connectivity index (χ4n) is 4.67. The van der Waals surface area contributed by atoms with Crippen molar-refractivity contribution < 1.29 is 17.9 Å². The van der Waals surface area contributed by atoms with Gasteiger partial charge in [-0.1, -0.05) is 81.4 Å². The van der Waals surface area contributed by atoms with Crippen molar-refractivity contribution in [3.05, 3.63) is 83.2 Å². The van der Waals surface area contributed by atoms with E-state index in [1.165, 1.54) is 0 Å². The van der Waals surface area contributed by atoms with Crippen molar-refractivity contribution in [3.8, 4) is 0 Å². The van der Waals surface area contributed by atoms with Gasteiger partial charge >= 0.3 is 5.69 Å². The fraction of sp³-hybridized carbons (Fsp3) is 0.360. The Bertz CT molecular complexity index is 1150. The number of hydrogen-bond acceptors (Lipinski definition) is 5. The molecule has 1 saturated heterocycles. The maximum absolute atomic E-state index is 14.9. The molecule has 9 heteroatoms. The van der Waals surface area contributed by atoms with Crippen LogP contribution in [0.25, 0.3) is 0 Å². The molecule has 6 nitrogen and oxygen atoms in total. The largest absolute Gasteiger partial charge is 0.405 e. The van der Waals surface area contributed by atoms with E-state index in [4.69, 9.17) is 14.9 Å². The third-order valence-electron chi connectivity index (χ3n) is 6.24. The number of alkyl halides is 1. The maximum atomic E-state index is 14.9. The van der Waals surface area contributed by atoms with Crippen LogP contribution in [-0.2, 0) is 9.16 Å². The second-order valence-electron chi connectivity index (χ2n) is 9.54. The summed E-state index contributed by atoms with van der Waals surface area (Å²) in [7, 11) is -2.83. The Balaban J connectivity index is 1.64. The summed E-state index contributed by atoms with van der Waals surface area (Å²) in [5.41, 5.74) is 4.49. The van der Waals surface area contributed by atoms with Crippen LogP contribution in [0.15, 0.2) is 71.7 Å². The van der Waals surface area contributed by atoms with Crippen LogP contribution in [0.4, 0.5) is 14.6 Å². The van der Waals surface area contributed by atoms with Crippen LogP contribution >= 0.6 is 0 Å². The topological polar surface area (TPSA) is 79.4 Å². The predicted molar refractivity (Wildman–Crippen MR) is 130 cm³/mol. The Morgan fingerprint density at radius 1 is 1.12 bits per heavy atom. The Morgan fingerprint density at radius 3 is 2.21 bits per heavy atom. The zero-order chi connectivity index (χ0) is 24.5. The smallest absolute Gasteiger partial charge is 0.351 e. The molecule has 2 N–H and O–H groups in total. The number of ether oxygens (including phenoxy) is 1. The summed E-state index contributed by atoms with van der Waals surface area (Å²) in [4.78, 5) is 15.6. The zero-order valence-corrected chi connectivity index (χ0v) is 20.4. The highest BCUT2D eigenvalue weighted by Gasteiger charge is 2.51. The molecule has 1 aliphatic rings. The van der Waals surface area contributed by atoms with Crippen molar-refractivity contribution in [2.45, 2.75) is 50.7 Å². The van der Waals surface area contributed by atoms with Gasteiger partial charge in [0.2, 0.25) is 0 Å². The van der Waals surface area contributed by atoms with Crippen LogP contribution in [0, 0.1) is 5.82 Å². The standard InChI is InChI=1S/C25H29F2N3O3Si/c1-25(2,3)34(18-10-6-4-7-11-18,19-12-8-5-9-13-19)32-16-17-14-20(26)23(33-17)30-15-21(27)22(28)29-24(30)31/h4-13,15,17,20,23H,14,16H2,1-3H3,(H2,28,29,31)/t17-,20?,23+/m1/s1. The number of rotatable bonds is 6. The molecular formula is C25H29F2N3O3Si. The van der Waals surface area contributed by atoms with Crippen LogP contribution < -0.4 is 21.8 Å². The Kier molecular flexibility index (Phi) is 6.70. The highest BCUT2D eigenvalue weighted by atomic mass is 28.4. The first kappa shape index (κ1) is 24.2. The lowest BCUT2D eigenvalue weighted by Crippen LogP contribution is -2.67. The summed E-state index contributed by atoms with van der Waals surface area (Å²) < 4.78 is 42.3. The average molecular weight is 486 g/mol. The van der Waals surface area contributed by atoms with Gasteiger partial charge in [-0.25, -0.2) is 13.6 Å². The quantitative estimate of drug-likeness (QED) is 0.543. The van der Waals surface area contributed by atoms with E-state index in [2.05, 4.69) is 50.0 Å². The maximum Gasteiger partial charge on any atom is 0.351 e. The van der Waals surface area contributed by atoms with E-state index in [0.29, 0.717) is 0 Å². The lowest BCUT2D eigenvalue weighted by Gasteiger charge is -2.43. The normalized spacial score (nSPS) is 21.0. The first-order valence-corrected chi connectivity index (χ1v) is 13.1. The van der Waals surface area contributed by atoms with E-state index in [9.17, 15) is 13.6 Å². The van der Waals surface area contributed by atoms with E-state index >= 15 is 0 Å². The summed E-state index contributed by atoms with van der Waals surface area (Å²) >= 11 is 0. The minimum Gasteiger partial charge on any atom is -0.405 e. The molecule has 4 rings (SSSR count). The lowest BCUT2D eigenvalue weighted by molar-refractivity contribution is -0.0373. The van der Waals surface area contributed by atoms with Crippen LogP contribution in [-0.4, -0.2) is 36.8 Å². The molecule has 0 amide bonds. The molecule has 34 heavy (non-hydrogen) atoms. The molecule has 2 heterocycles. The van der Waals surface area contributed by atoms with Crippen molar-refractivity contribution in [1.82, 2.24) is 9.55 Å². The molecule has 3 aromatic rings. The SMILES string of the molecule is CC(C)(C)[Si](OC[C@H]1CC(F)[C@@H](n2cc(F)c(N)nc2=O)O1)(c1ccccc1)c1ccccc1. The number of hydrogen-bond donors (Lipinski definition) is 1. The molecule has 0 bridgehead atoms. The van der Waals surface area contributed by atoms with Gasteiger partial charge in [0.25, 0.3) is 8.32 Å². The van der Waals surface area contributed by atoms with Gasteiger partial charge in [-0.05, 0) is 15.4 Å². The van der Waals surface area contributed by atoms with Gasteiger partial charge in [0.1, 0.15) is 6.17 Å². The minimum atomic E-state index is -2.83. The molecule has 1 unspecified atom stereocenters. The van der Waals surface area contributed by atoms with Gasteiger partial charge in [0.15, 0.2) is 17.9 Å². The number of nitrogens with zero attached hydrogens (tertiary/aromatic N) is 2. The van der Waals surface area contributed by atoms with E-state index in [-0.39, 0.29) is 18.1 Å². The van der Waals surface area contributed by atoms with Gasteiger partial charge in [-0.15, -0.1) is 0 Å². The summed E-state index contributed by atoms with van der Waals surface area (Å²) in [5, 5.41) is 1.95. The highest BCUT2D eigenvalue weighted by molar-refractivity contribution is 6.99. The third kappa shape index (κ3) is 4.43. The molecule has 1 aliphatic heterocycles. The number of anilines is 1. The van der Waals surface area contributed by atoms with Gasteiger partial charge in [0, 0.05) is 6.42 Å². The van der Waals surface area contributed by atoms with Crippen LogP contribution in [0.2, 0.25) is 5.04 Å². The Morgan fingerprint density at radius 2 is 1.68 bits per heavy atom. The number of halogens is 2. The second-order valence-corrected chi connectivity index (χ2v) is 13.8. The summed E-state index contributed by atoms with van der Waals surface area (Å²) in [6.07, 6.45) is -2.57. The molecule has 1 fully saturated rings. The average Bonchev–Trinajstić information content (AvgIpc) is 3.17. The van der Waals surface area contributed by atoms with Crippen molar-refractivity contribution in [2.24, 2.45) is 0 Å². The summed E-state index contributed by atoms with van der Waals surface area (Å²) in [6.45, 7) is 6.58. The second kappa shape index (κ2) is 9.40. The van der Waals surface area contributed by atoms with E-state index in [0.717, 1.165) is 21.1 Å². The molecule has 0 radical (unpaired) electrons. The van der Waals surface area contributed by atoms with E-state index < -0.39 is 44.1 Å². The number of aromatic nitrogens is 2. The molecule has 0 saturated carbocycles. The zero-order valence-electron chi connectivity index (χ0n) is 19.4. The molecule has 2 aromatic carbocycles. The molecule has 3 atom stereocenters. The Hall–Kier alpha value is -2.88. The number of nitrogens with two attached hydrogens (primary N) is 1. The van der Waals surface area contributed by atoms with Gasteiger partial charge < -0.3 is 14.9 Å². The molecular weight excluding hydrogens is 456 g/mol. The summed E-state index contributed by atoms with van der Waals surface area (Å²) in [5.74, 6) is -1.43. The number of benzene rings is 2. The Labute approximate surface area is 198 Å². The fourth-order valence-corrected chi connectivity index (χ4v) is 9.26. The first-order valence-electron chi connectivity index (χ1n) is 11.2. The third-order valence-corrected chi connectivity index (χ3v) is 11.2. The molecule has 0 spiro atoms. The van der Waals surface area contributed by atoms with Crippen LogP contribution in [0.1, 0.15) is 33.4 Å². The predicted octanol–water partition coefficient (Wildman–Crippen LogP) is 3.17. The molecule has 180 valence electrons. The van der Waals surface area contributed by atoms with Crippen molar-refractivity contribution in [1.29, 1.82) is 0 Å². The highest BCUT2D eigenvalue weighted by Crippen LogP contribution is 2.38. The van der Waals surface area contributed by atoms with Crippen LogP contribution in [0.5, 0.6) is 0 Å². The van der Waals surface area contributed by atoms with E-state index in [1.807, 2.05) is 36.4 Å². The molecule has 0 aliphatic carbocycles. The van der Waals surface area contributed by atoms with Crippen molar-refractivity contribution in [2.75, 3.05) is 12.3 Å². The monoisotopic (exact) mass is 485 g/mol. The molecule has 1 aromatic heterocycles. The lowest BCUT2D eigenvalue weighted by atomic mass is 10.2. The number of nitrogen functional groups attached to an aromatic ring is 1. The van der Waals surface area contributed by atoms with Crippen LogP contribution in [0.3, 0.4) is 0 Å². The van der Waals surface area contributed by atoms with Crippen molar-refractivity contribution in [3.63, 3.8) is 0 Å².